The number of esters is 1. The van der Waals surface area contributed by atoms with Gasteiger partial charge in [0, 0.05) is 13.2 Å². The Bertz CT molecular complexity index is 539. The highest BCUT2D eigenvalue weighted by atomic mass is 16.6. The maximum Gasteiger partial charge on any atom is 0.407 e. The van der Waals surface area contributed by atoms with Crippen molar-refractivity contribution in [2.75, 3.05) is 13.2 Å². The summed E-state index contributed by atoms with van der Waals surface area (Å²) in [7, 11) is 0. The second kappa shape index (κ2) is 11.5. The Hall–Kier alpha value is -2.08. The molecule has 1 aromatic carbocycles. The van der Waals surface area contributed by atoms with Crippen LogP contribution in [0.15, 0.2) is 30.3 Å². The normalized spacial score (nSPS) is 12.3. The third-order valence-corrected chi connectivity index (χ3v) is 3.66. The second-order valence-corrected chi connectivity index (χ2v) is 7.32. The van der Waals surface area contributed by atoms with Crippen molar-refractivity contribution in [3.8, 4) is 0 Å². The van der Waals surface area contributed by atoms with Gasteiger partial charge in [0.2, 0.25) is 0 Å². The monoisotopic (exact) mass is 365 g/mol. The van der Waals surface area contributed by atoms with Crippen molar-refractivity contribution in [3.05, 3.63) is 35.9 Å². The molecule has 6 heteroatoms. The summed E-state index contributed by atoms with van der Waals surface area (Å²) in [6, 6.07) is 9.49. The fourth-order valence-corrected chi connectivity index (χ4v) is 2.35. The topological polar surface area (TPSA) is 84.9 Å². The van der Waals surface area contributed by atoms with Gasteiger partial charge in [-0.2, -0.15) is 0 Å². The fraction of sp³-hybridized carbons (Fsp3) is 0.600. The predicted molar refractivity (Wildman–Crippen MR) is 99.5 cm³/mol. The molecule has 146 valence electrons. The van der Waals surface area contributed by atoms with Crippen LogP contribution in [0.4, 0.5) is 4.79 Å². The van der Waals surface area contributed by atoms with Crippen LogP contribution in [0, 0.1) is 5.92 Å². The second-order valence-electron chi connectivity index (χ2n) is 7.32. The van der Waals surface area contributed by atoms with Crippen LogP contribution in [0.25, 0.3) is 0 Å². The summed E-state index contributed by atoms with van der Waals surface area (Å²) < 4.78 is 10.4. The van der Waals surface area contributed by atoms with Crippen LogP contribution < -0.4 is 5.32 Å². The van der Waals surface area contributed by atoms with Crippen LogP contribution in [-0.4, -0.2) is 35.9 Å². The number of alkyl carbamates (subject to hydrolysis) is 1. The van der Waals surface area contributed by atoms with Gasteiger partial charge in [0.15, 0.2) is 0 Å². The molecule has 0 saturated heterocycles. The quantitative estimate of drug-likeness (QED) is 0.490. The number of aliphatic hydroxyl groups excluding tert-OH is 1. The molecule has 0 saturated carbocycles. The summed E-state index contributed by atoms with van der Waals surface area (Å²) in [5, 5.41) is 12.1. The van der Waals surface area contributed by atoms with E-state index in [9.17, 15) is 14.7 Å². The zero-order chi connectivity index (χ0) is 19.4. The first-order chi connectivity index (χ1) is 12.3. The third-order valence-electron chi connectivity index (χ3n) is 3.66. The Morgan fingerprint density at radius 1 is 1.15 bits per heavy atom. The van der Waals surface area contributed by atoms with Crippen molar-refractivity contribution in [1.82, 2.24) is 5.32 Å². The third kappa shape index (κ3) is 10.7. The predicted octanol–water partition coefficient (Wildman–Crippen LogP) is 3.42. The van der Waals surface area contributed by atoms with Crippen LogP contribution in [-0.2, 0) is 20.9 Å². The van der Waals surface area contributed by atoms with Gasteiger partial charge in [-0.15, -0.1) is 0 Å². The molecule has 0 unspecified atom stereocenters. The van der Waals surface area contributed by atoms with Crippen molar-refractivity contribution >= 4 is 12.1 Å². The minimum Gasteiger partial charge on any atom is -0.461 e. The van der Waals surface area contributed by atoms with E-state index in [2.05, 4.69) is 5.32 Å². The molecule has 6 nitrogen and oxygen atoms in total. The lowest BCUT2D eigenvalue weighted by atomic mass is 9.99. The van der Waals surface area contributed by atoms with Gasteiger partial charge in [-0.1, -0.05) is 36.8 Å². The molecule has 1 rings (SSSR count). The van der Waals surface area contributed by atoms with Gasteiger partial charge in [-0.3, -0.25) is 4.79 Å². The Kier molecular flexibility index (Phi) is 9.73. The minimum absolute atomic E-state index is 0.0556. The van der Waals surface area contributed by atoms with Crippen LogP contribution >= 0.6 is 0 Å². The Morgan fingerprint density at radius 3 is 2.46 bits per heavy atom. The molecule has 1 aromatic rings. The first kappa shape index (κ1) is 22.0. The van der Waals surface area contributed by atoms with Gasteiger partial charge in [-0.05, 0) is 45.1 Å². The molecular weight excluding hydrogens is 334 g/mol. The zero-order valence-corrected chi connectivity index (χ0v) is 16.0. The number of carbonyl (C=O) groups is 2. The summed E-state index contributed by atoms with van der Waals surface area (Å²) in [5.74, 6) is -0.431. The van der Waals surface area contributed by atoms with E-state index in [0.29, 0.717) is 13.0 Å². The molecule has 0 bridgehead atoms. The molecular formula is C20H31NO5. The molecule has 2 N–H and O–H groups in total. The number of hydrogen-bond acceptors (Lipinski definition) is 5. The summed E-state index contributed by atoms with van der Waals surface area (Å²) in [6.45, 7) is 6.14. The fourth-order valence-electron chi connectivity index (χ4n) is 2.35. The van der Waals surface area contributed by atoms with Crippen molar-refractivity contribution in [2.45, 2.75) is 58.7 Å². The smallest absolute Gasteiger partial charge is 0.407 e. The van der Waals surface area contributed by atoms with Crippen LogP contribution in [0.2, 0.25) is 0 Å². The maximum absolute atomic E-state index is 11.9. The van der Waals surface area contributed by atoms with Crippen molar-refractivity contribution in [2.24, 2.45) is 5.92 Å². The van der Waals surface area contributed by atoms with Gasteiger partial charge < -0.3 is 19.9 Å². The lowest BCUT2D eigenvalue weighted by molar-refractivity contribution is -0.146. The Labute approximate surface area is 155 Å². The SMILES string of the molecule is CC(C)(C)OC(=O)NCCCC[C@@H](CO)CC(=O)OCc1ccccc1. The highest BCUT2D eigenvalue weighted by Gasteiger charge is 2.16. The lowest BCUT2D eigenvalue weighted by Crippen LogP contribution is -2.33. The van der Waals surface area contributed by atoms with E-state index < -0.39 is 11.7 Å². The van der Waals surface area contributed by atoms with E-state index in [-0.39, 0.29) is 31.5 Å². The van der Waals surface area contributed by atoms with Crippen molar-refractivity contribution in [3.63, 3.8) is 0 Å². The molecule has 0 aliphatic carbocycles. The molecule has 0 radical (unpaired) electrons. The van der Waals surface area contributed by atoms with Crippen LogP contribution in [0.3, 0.4) is 0 Å². The van der Waals surface area contributed by atoms with E-state index in [4.69, 9.17) is 9.47 Å². The number of hydrogen-bond donors (Lipinski definition) is 2. The number of benzene rings is 1. The van der Waals surface area contributed by atoms with E-state index in [0.717, 1.165) is 18.4 Å². The van der Waals surface area contributed by atoms with Crippen molar-refractivity contribution < 1.29 is 24.2 Å². The summed E-state index contributed by atoms with van der Waals surface area (Å²) >= 11 is 0. The molecule has 0 heterocycles. The maximum atomic E-state index is 11.9. The molecule has 1 atom stereocenters. The van der Waals surface area contributed by atoms with Gasteiger partial charge in [0.05, 0.1) is 6.42 Å². The first-order valence-corrected chi connectivity index (χ1v) is 9.07. The lowest BCUT2D eigenvalue weighted by Gasteiger charge is -2.19. The highest BCUT2D eigenvalue weighted by molar-refractivity contribution is 5.69. The summed E-state index contributed by atoms with van der Waals surface area (Å²) in [4.78, 5) is 23.4. The van der Waals surface area contributed by atoms with E-state index in [1.54, 1.807) is 0 Å². The Balaban J connectivity index is 2.16. The van der Waals surface area contributed by atoms with E-state index in [1.165, 1.54) is 0 Å². The number of aliphatic hydroxyl groups is 1. The average Bonchev–Trinajstić information content (AvgIpc) is 2.58. The number of nitrogens with one attached hydrogen (secondary N) is 1. The standard InChI is InChI=1S/C20H31NO5/c1-20(2,3)26-19(24)21-12-8-7-11-17(14-22)13-18(23)25-15-16-9-5-4-6-10-16/h4-6,9-10,17,22H,7-8,11-15H2,1-3H3,(H,21,24)/t17-/m1/s1. The molecule has 1 amide bonds. The zero-order valence-electron chi connectivity index (χ0n) is 16.0. The van der Waals surface area contributed by atoms with Gasteiger partial charge in [0.25, 0.3) is 0 Å². The van der Waals surface area contributed by atoms with Crippen molar-refractivity contribution in [1.29, 1.82) is 0 Å². The average molecular weight is 365 g/mol. The minimum atomic E-state index is -0.508. The number of unbranched alkanes of at least 4 members (excludes halogenated alkanes) is 1. The Morgan fingerprint density at radius 2 is 1.85 bits per heavy atom. The van der Waals surface area contributed by atoms with Gasteiger partial charge in [-0.25, -0.2) is 4.79 Å². The molecule has 0 spiro atoms. The number of rotatable bonds is 10. The number of amides is 1. The molecule has 26 heavy (non-hydrogen) atoms. The van der Waals surface area contributed by atoms with Crippen LogP contribution in [0.5, 0.6) is 0 Å². The first-order valence-electron chi connectivity index (χ1n) is 9.07. The summed E-state index contributed by atoms with van der Waals surface area (Å²) in [6.07, 6.45) is 2.03. The largest absolute Gasteiger partial charge is 0.461 e. The van der Waals surface area contributed by atoms with Crippen LogP contribution in [0.1, 0.15) is 52.0 Å². The van der Waals surface area contributed by atoms with Gasteiger partial charge in [0.1, 0.15) is 12.2 Å². The summed E-state index contributed by atoms with van der Waals surface area (Å²) in [5.41, 5.74) is 0.432. The number of ether oxygens (including phenoxy) is 2. The van der Waals surface area contributed by atoms with Gasteiger partial charge >= 0.3 is 12.1 Å². The molecule has 0 aromatic heterocycles. The molecule has 0 aliphatic rings. The van der Waals surface area contributed by atoms with E-state index >= 15 is 0 Å². The van der Waals surface area contributed by atoms with E-state index in [1.807, 2.05) is 51.1 Å². The molecule has 0 fully saturated rings. The number of carbonyl (C=O) groups excluding carboxylic acids is 2. The molecule has 0 aliphatic heterocycles. The highest BCUT2D eigenvalue weighted by Crippen LogP contribution is 2.14.